The molecule has 0 aromatic heterocycles. The summed E-state index contributed by atoms with van der Waals surface area (Å²) in [6.07, 6.45) is -3.05. The Hall–Kier alpha value is -1.17. The highest BCUT2D eigenvalue weighted by Gasteiger charge is 2.22. The molecule has 0 heterocycles. The van der Waals surface area contributed by atoms with Crippen molar-refractivity contribution in [3.05, 3.63) is 22.2 Å². The van der Waals surface area contributed by atoms with E-state index in [1.54, 1.807) is 13.8 Å². The third-order valence-corrected chi connectivity index (χ3v) is 2.75. The Morgan fingerprint density at radius 1 is 1.22 bits per heavy atom. The van der Waals surface area contributed by atoms with Crippen LogP contribution in [0.15, 0.2) is 16.6 Å². The van der Waals surface area contributed by atoms with Crippen LogP contribution in [-0.4, -0.2) is 25.4 Å². The quantitative estimate of drug-likeness (QED) is 0.749. The summed E-state index contributed by atoms with van der Waals surface area (Å²) in [4.78, 5) is 11.3. The molecule has 6 heteroatoms. The second kappa shape index (κ2) is 6.68. The van der Waals surface area contributed by atoms with Gasteiger partial charge in [0.1, 0.15) is 0 Å². The van der Waals surface area contributed by atoms with Crippen molar-refractivity contribution in [2.24, 2.45) is 0 Å². The zero-order chi connectivity index (χ0) is 13.7. The molecule has 0 unspecified atom stereocenters. The second-order valence-electron chi connectivity index (χ2n) is 3.31. The number of ketones is 1. The number of Topliss-reactive ketones (excluding diaryl/α,β-unsaturated/α-hetero) is 1. The Kier molecular flexibility index (Phi) is 5.53. The molecule has 3 nitrogen and oxygen atoms in total. The number of rotatable bonds is 6. The van der Waals surface area contributed by atoms with Crippen molar-refractivity contribution in [1.29, 1.82) is 0 Å². The maximum absolute atomic E-state index is 12.4. The number of hydrogen-bond donors (Lipinski definition) is 0. The molecular weight excluding hydrogens is 310 g/mol. The molecule has 0 aliphatic carbocycles. The van der Waals surface area contributed by atoms with Crippen LogP contribution in [0.5, 0.6) is 11.5 Å². The Morgan fingerprint density at radius 2 is 1.72 bits per heavy atom. The lowest BCUT2D eigenvalue weighted by atomic mass is 10.1. The Labute approximate surface area is 112 Å². The third-order valence-electron chi connectivity index (χ3n) is 2.10. The minimum atomic E-state index is -3.05. The molecule has 18 heavy (non-hydrogen) atoms. The summed E-state index contributed by atoms with van der Waals surface area (Å²) >= 11 is 3.08. The van der Waals surface area contributed by atoms with Gasteiger partial charge in [-0.2, -0.15) is 0 Å². The molecule has 0 atom stereocenters. The predicted molar refractivity (Wildman–Crippen MR) is 66.8 cm³/mol. The van der Waals surface area contributed by atoms with Crippen LogP contribution in [0, 0.1) is 0 Å². The lowest BCUT2D eigenvalue weighted by Crippen LogP contribution is -2.11. The number of alkyl halides is 2. The fourth-order valence-corrected chi connectivity index (χ4v) is 1.90. The Bertz CT molecular complexity index is 436. The molecule has 0 aliphatic heterocycles. The number of carbonyl (C=O) groups excluding carboxylic acids is 1. The van der Waals surface area contributed by atoms with Gasteiger partial charge in [-0.15, -0.1) is 0 Å². The van der Waals surface area contributed by atoms with E-state index in [4.69, 9.17) is 9.47 Å². The highest BCUT2D eigenvalue weighted by atomic mass is 79.9. The zero-order valence-electron chi connectivity index (χ0n) is 10.0. The molecule has 0 bridgehead atoms. The van der Waals surface area contributed by atoms with Crippen molar-refractivity contribution in [3.63, 3.8) is 0 Å². The smallest absolute Gasteiger partial charge is 0.300 e. The third kappa shape index (κ3) is 3.41. The summed E-state index contributed by atoms with van der Waals surface area (Å²) in [5.41, 5.74) is -0.114. The summed E-state index contributed by atoms with van der Waals surface area (Å²) in [7, 11) is 0. The normalized spacial score (nSPS) is 10.6. The van der Waals surface area contributed by atoms with Crippen LogP contribution in [0.25, 0.3) is 0 Å². The van der Waals surface area contributed by atoms with E-state index in [0.29, 0.717) is 19.0 Å². The highest BCUT2D eigenvalue weighted by Crippen LogP contribution is 2.34. The molecule has 0 N–H and O–H groups in total. The molecule has 0 saturated heterocycles. The maximum Gasteiger partial charge on any atom is 0.300 e. The fraction of sp³-hybridized carbons (Fsp3) is 0.417. The van der Waals surface area contributed by atoms with Gasteiger partial charge in [-0.25, -0.2) is 8.78 Å². The average Bonchev–Trinajstić information content (AvgIpc) is 2.32. The largest absolute Gasteiger partial charge is 0.490 e. The van der Waals surface area contributed by atoms with E-state index in [-0.39, 0.29) is 15.8 Å². The first-order valence-electron chi connectivity index (χ1n) is 5.42. The molecule has 1 rings (SSSR count). The highest BCUT2D eigenvalue weighted by molar-refractivity contribution is 9.10. The second-order valence-corrected chi connectivity index (χ2v) is 4.16. The minimum Gasteiger partial charge on any atom is -0.490 e. The average molecular weight is 323 g/mol. The summed E-state index contributed by atoms with van der Waals surface area (Å²) in [5, 5.41) is 0. The summed E-state index contributed by atoms with van der Waals surface area (Å²) in [6, 6.07) is 2.73. The Morgan fingerprint density at radius 3 is 2.17 bits per heavy atom. The van der Waals surface area contributed by atoms with E-state index in [0.717, 1.165) is 0 Å². The van der Waals surface area contributed by atoms with E-state index >= 15 is 0 Å². The molecule has 0 fully saturated rings. The van der Waals surface area contributed by atoms with Gasteiger partial charge in [0.2, 0.25) is 5.78 Å². The lowest BCUT2D eigenvalue weighted by Gasteiger charge is -2.13. The maximum atomic E-state index is 12.4. The molecule has 0 amide bonds. The molecular formula is C12H13BrF2O3. The lowest BCUT2D eigenvalue weighted by molar-refractivity contribution is 0.0677. The molecule has 0 aliphatic rings. The number of carbonyl (C=O) groups is 1. The van der Waals surface area contributed by atoms with Crippen molar-refractivity contribution in [3.8, 4) is 11.5 Å². The summed E-state index contributed by atoms with van der Waals surface area (Å²) in [6.45, 7) is 4.31. The van der Waals surface area contributed by atoms with E-state index in [2.05, 4.69) is 15.9 Å². The van der Waals surface area contributed by atoms with Crippen LogP contribution in [-0.2, 0) is 0 Å². The molecule has 1 aromatic rings. The van der Waals surface area contributed by atoms with Gasteiger partial charge in [-0.05, 0) is 41.9 Å². The van der Waals surface area contributed by atoms with E-state index in [1.165, 1.54) is 12.1 Å². The van der Waals surface area contributed by atoms with Crippen molar-refractivity contribution < 1.29 is 23.0 Å². The van der Waals surface area contributed by atoms with Crippen LogP contribution in [0.2, 0.25) is 0 Å². The minimum absolute atomic E-state index is 0.114. The molecule has 100 valence electrons. The van der Waals surface area contributed by atoms with Crippen molar-refractivity contribution in [2.45, 2.75) is 20.3 Å². The van der Waals surface area contributed by atoms with Crippen LogP contribution in [0.3, 0.4) is 0 Å². The van der Waals surface area contributed by atoms with Gasteiger partial charge in [-0.1, -0.05) is 0 Å². The van der Waals surface area contributed by atoms with Gasteiger partial charge in [0, 0.05) is 10.0 Å². The number of benzene rings is 1. The standard InChI is InChI=1S/C12H13BrF2O3/c1-3-17-9-5-7(11(16)12(14)15)8(13)6-10(9)18-4-2/h5-6,12H,3-4H2,1-2H3. The monoisotopic (exact) mass is 322 g/mol. The van der Waals surface area contributed by atoms with E-state index in [1.807, 2.05) is 0 Å². The van der Waals surface area contributed by atoms with Crippen molar-refractivity contribution in [2.75, 3.05) is 13.2 Å². The van der Waals surface area contributed by atoms with Gasteiger partial charge in [0.15, 0.2) is 11.5 Å². The zero-order valence-corrected chi connectivity index (χ0v) is 11.6. The molecule has 0 saturated carbocycles. The van der Waals surface area contributed by atoms with Gasteiger partial charge >= 0.3 is 6.43 Å². The van der Waals surface area contributed by atoms with Gasteiger partial charge in [0.25, 0.3) is 0 Å². The first-order valence-corrected chi connectivity index (χ1v) is 6.22. The Balaban J connectivity index is 3.21. The van der Waals surface area contributed by atoms with Crippen LogP contribution in [0.1, 0.15) is 24.2 Å². The van der Waals surface area contributed by atoms with E-state index < -0.39 is 12.2 Å². The van der Waals surface area contributed by atoms with Crippen LogP contribution >= 0.6 is 15.9 Å². The molecule has 0 radical (unpaired) electrons. The van der Waals surface area contributed by atoms with Gasteiger partial charge in [-0.3, -0.25) is 4.79 Å². The molecule has 0 spiro atoms. The van der Waals surface area contributed by atoms with Crippen molar-refractivity contribution in [1.82, 2.24) is 0 Å². The number of hydrogen-bond acceptors (Lipinski definition) is 3. The summed E-state index contributed by atoms with van der Waals surface area (Å²) in [5.74, 6) is -0.547. The fourth-order valence-electron chi connectivity index (χ4n) is 1.38. The van der Waals surface area contributed by atoms with Crippen LogP contribution in [0.4, 0.5) is 8.78 Å². The number of ether oxygens (including phenoxy) is 2. The summed E-state index contributed by atoms with van der Waals surface area (Å²) < 4.78 is 35.7. The van der Waals surface area contributed by atoms with Gasteiger partial charge in [0.05, 0.1) is 13.2 Å². The first kappa shape index (κ1) is 14.9. The van der Waals surface area contributed by atoms with Crippen molar-refractivity contribution >= 4 is 21.7 Å². The predicted octanol–water partition coefficient (Wildman–Crippen LogP) is 3.69. The van der Waals surface area contributed by atoms with Crippen LogP contribution < -0.4 is 9.47 Å². The van der Waals surface area contributed by atoms with E-state index in [9.17, 15) is 13.6 Å². The number of halogens is 3. The molecule has 1 aromatic carbocycles. The van der Waals surface area contributed by atoms with Gasteiger partial charge < -0.3 is 9.47 Å². The topological polar surface area (TPSA) is 35.5 Å². The SMILES string of the molecule is CCOc1cc(Br)c(C(=O)C(F)F)cc1OCC. The first-order chi connectivity index (χ1) is 8.51.